The first-order valence-corrected chi connectivity index (χ1v) is 6.86. The summed E-state index contributed by atoms with van der Waals surface area (Å²) in [5.74, 6) is 0. The number of hydrogen-bond donors (Lipinski definition) is 3. The second-order valence-electron chi connectivity index (χ2n) is 2.68. The van der Waals surface area contributed by atoms with Crippen LogP contribution < -0.4 is 0 Å². The minimum absolute atomic E-state index is 0.351. The fourth-order valence-corrected chi connectivity index (χ4v) is 2.13. The molecule has 0 aliphatic heterocycles. The van der Waals surface area contributed by atoms with Crippen molar-refractivity contribution in [2.24, 2.45) is 0 Å². The number of rotatable bonds is 4. The van der Waals surface area contributed by atoms with Crippen LogP contribution >= 0.6 is 15.9 Å². The van der Waals surface area contributed by atoms with Gasteiger partial charge in [0.15, 0.2) is 0 Å². The third-order valence-electron chi connectivity index (χ3n) is 1.45. The van der Waals surface area contributed by atoms with Gasteiger partial charge in [0, 0.05) is 12.4 Å². The summed E-state index contributed by atoms with van der Waals surface area (Å²) in [6.07, 6.45) is 3.77. The molecule has 1 heterocycles. The van der Waals surface area contributed by atoms with E-state index in [4.69, 9.17) is 14.7 Å². The molecule has 16 heavy (non-hydrogen) atoms. The molecule has 1 aromatic heterocycles. The van der Waals surface area contributed by atoms with Gasteiger partial charge in [0.25, 0.3) is 0 Å². The second-order valence-corrected chi connectivity index (χ2v) is 4.95. The lowest BCUT2D eigenvalue weighted by Crippen LogP contribution is -1.88. The minimum atomic E-state index is -4.72. The smallest absolute Gasteiger partial charge is 0.391 e. The lowest BCUT2D eigenvalue weighted by Gasteiger charge is -2.08. The van der Waals surface area contributed by atoms with Gasteiger partial charge in [-0.2, -0.15) is 0 Å². The summed E-state index contributed by atoms with van der Waals surface area (Å²) in [6.45, 7) is 0. The van der Waals surface area contributed by atoms with Crippen molar-refractivity contribution in [2.75, 3.05) is 0 Å². The molecule has 0 bridgehead atoms. The Balaban J connectivity index is 3.07. The van der Waals surface area contributed by atoms with E-state index in [0.29, 0.717) is 5.56 Å². The minimum Gasteiger partial charge on any atom is -0.418 e. The van der Waals surface area contributed by atoms with Crippen molar-refractivity contribution in [1.29, 1.82) is 0 Å². The fraction of sp³-hybridized carbons (Fsp3) is 0. The van der Waals surface area contributed by atoms with E-state index in [2.05, 4.69) is 9.51 Å². The summed E-state index contributed by atoms with van der Waals surface area (Å²) in [6, 6.07) is 3.06. The summed E-state index contributed by atoms with van der Waals surface area (Å²) in [7, 11) is -8.18. The molecule has 7 nitrogen and oxygen atoms in total. The van der Waals surface area contributed by atoms with Gasteiger partial charge in [0.2, 0.25) is 5.50 Å². The zero-order chi connectivity index (χ0) is 12.2. The molecule has 0 aromatic carbocycles. The second kappa shape index (κ2) is 5.39. The fourth-order valence-electron chi connectivity index (χ4n) is 0.866. The molecule has 0 fully saturated rings. The normalized spacial score (nSPS) is 14.6. The molecule has 3 N–H and O–H groups in total. The highest BCUT2D eigenvalue weighted by molar-refractivity contribution is 7.57. The van der Waals surface area contributed by atoms with E-state index in [1.807, 2.05) is 0 Å². The van der Waals surface area contributed by atoms with Gasteiger partial charge in [-0.15, -0.1) is 0 Å². The predicted octanol–water partition coefficient (Wildman–Crippen LogP) is 0.956. The Morgan fingerprint density at radius 2 is 2.25 bits per heavy atom. The lowest BCUT2D eigenvalue weighted by molar-refractivity contribution is 0.324. The lowest BCUT2D eigenvalue weighted by atomic mass is 10.3. The highest BCUT2D eigenvalue weighted by Crippen LogP contribution is 2.49. The third-order valence-corrected chi connectivity index (χ3v) is 2.81. The quantitative estimate of drug-likeness (QED) is 0.548. The molecule has 9 heteroatoms. The Morgan fingerprint density at radius 3 is 2.69 bits per heavy atom. The van der Waals surface area contributed by atoms with Crippen molar-refractivity contribution < 1.29 is 28.3 Å². The van der Waals surface area contributed by atoms with Crippen molar-refractivity contribution in [3.05, 3.63) is 35.6 Å². The average Bonchev–Trinajstić information content (AvgIpc) is 2.16. The van der Waals surface area contributed by atoms with Gasteiger partial charge in [-0.25, -0.2) is 4.57 Å². The Kier molecular flexibility index (Phi) is 4.41. The van der Waals surface area contributed by atoms with Gasteiger partial charge in [0.1, 0.15) is 0 Å². The molecule has 1 unspecified atom stereocenters. The van der Waals surface area contributed by atoms with Gasteiger partial charge in [0.05, 0.1) is 0 Å². The summed E-state index contributed by atoms with van der Waals surface area (Å²) in [5, 5.41) is 0. The van der Waals surface area contributed by atoms with E-state index in [0.717, 1.165) is 6.08 Å². The summed E-state index contributed by atoms with van der Waals surface area (Å²) in [5.41, 5.74) is -0.504. The Labute approximate surface area is 91.5 Å². The summed E-state index contributed by atoms with van der Waals surface area (Å²) >= 11 is 0. The zero-order valence-electron chi connectivity index (χ0n) is 7.85. The van der Waals surface area contributed by atoms with Crippen molar-refractivity contribution >= 4 is 21.9 Å². The van der Waals surface area contributed by atoms with E-state index in [1.54, 1.807) is 6.07 Å². The first kappa shape index (κ1) is 13.1. The van der Waals surface area contributed by atoms with Crippen LogP contribution in [0.2, 0.25) is 0 Å². The van der Waals surface area contributed by atoms with Crippen LogP contribution in [0.1, 0.15) is 5.56 Å². The monoisotopic (exact) mass is 265 g/mol. The highest BCUT2D eigenvalue weighted by Gasteiger charge is 2.24. The maximum absolute atomic E-state index is 10.9. The maximum atomic E-state index is 10.9. The van der Waals surface area contributed by atoms with Crippen molar-refractivity contribution in [1.82, 2.24) is 4.98 Å². The highest BCUT2D eigenvalue weighted by atomic mass is 31.2. The summed E-state index contributed by atoms with van der Waals surface area (Å²) < 4.78 is 25.5. The third kappa shape index (κ3) is 4.26. The van der Waals surface area contributed by atoms with Crippen LogP contribution in [0.3, 0.4) is 0 Å². The first-order chi connectivity index (χ1) is 7.39. The Bertz CT molecular complexity index is 453. The predicted molar refractivity (Wildman–Crippen MR) is 56.6 cm³/mol. The molecule has 0 saturated heterocycles. The van der Waals surface area contributed by atoms with Crippen LogP contribution in [-0.4, -0.2) is 19.7 Å². The summed E-state index contributed by atoms with van der Waals surface area (Å²) in [4.78, 5) is 29.9. The van der Waals surface area contributed by atoms with Crippen LogP contribution in [0.25, 0.3) is 6.08 Å². The van der Waals surface area contributed by atoms with E-state index < -0.39 is 21.4 Å². The molecule has 0 radical (unpaired) electrons. The van der Waals surface area contributed by atoms with Crippen LogP contribution in [0.4, 0.5) is 0 Å². The number of aromatic nitrogens is 1. The van der Waals surface area contributed by atoms with Crippen LogP contribution in [-0.2, 0) is 13.7 Å². The first-order valence-electron chi connectivity index (χ1n) is 3.98. The van der Waals surface area contributed by atoms with Crippen LogP contribution in [0, 0.1) is 0 Å². The number of hydrogen-bond acceptors (Lipinski definition) is 4. The van der Waals surface area contributed by atoms with Crippen molar-refractivity contribution in [2.45, 2.75) is 0 Å². The molecule has 0 aliphatic carbocycles. The molecule has 0 aliphatic rings. The van der Waals surface area contributed by atoms with Gasteiger partial charge < -0.3 is 19.2 Å². The molecule has 1 rings (SSSR count). The van der Waals surface area contributed by atoms with Crippen molar-refractivity contribution in [3.8, 4) is 0 Å². The standard InChI is InChI=1S/C7H9NO6P2/c9-15(10)14-7(16(11,12)13)4-6-2-1-3-8-5-6/h1-5,15H,(H,9,10)(H2,11,12,13). The number of nitrogens with zero attached hydrogens (tertiary/aromatic N) is 1. The Hall–Kier alpha value is -0.970. The van der Waals surface area contributed by atoms with Gasteiger partial charge in [-0.3, -0.25) is 9.55 Å². The van der Waals surface area contributed by atoms with Crippen molar-refractivity contribution in [3.63, 3.8) is 0 Å². The van der Waals surface area contributed by atoms with E-state index in [1.165, 1.54) is 18.5 Å². The van der Waals surface area contributed by atoms with E-state index in [-0.39, 0.29) is 0 Å². The number of pyridine rings is 1. The topological polar surface area (TPSA) is 117 Å². The van der Waals surface area contributed by atoms with Crippen LogP contribution in [0.15, 0.2) is 30.0 Å². The van der Waals surface area contributed by atoms with E-state index in [9.17, 15) is 9.13 Å². The molecule has 0 amide bonds. The van der Waals surface area contributed by atoms with Gasteiger partial charge in [-0.1, -0.05) is 6.07 Å². The zero-order valence-corrected chi connectivity index (χ0v) is 9.74. The molecule has 0 saturated carbocycles. The molecular formula is C7H9NO6P2. The molecule has 1 aromatic rings. The molecule has 88 valence electrons. The van der Waals surface area contributed by atoms with Crippen LogP contribution in [0.5, 0.6) is 0 Å². The molecular weight excluding hydrogens is 256 g/mol. The van der Waals surface area contributed by atoms with Gasteiger partial charge in [-0.05, 0) is 17.7 Å². The SMILES string of the molecule is O=[PH](O)OC(=Cc1cccnc1)P(=O)(O)O. The van der Waals surface area contributed by atoms with E-state index >= 15 is 0 Å². The maximum Gasteiger partial charge on any atom is 0.391 e. The largest absolute Gasteiger partial charge is 0.418 e. The average molecular weight is 265 g/mol. The molecule has 1 atom stereocenters. The van der Waals surface area contributed by atoms with Gasteiger partial charge >= 0.3 is 15.9 Å². The Morgan fingerprint density at radius 1 is 1.56 bits per heavy atom. The molecule has 0 spiro atoms.